The Labute approximate surface area is 203 Å². The van der Waals surface area contributed by atoms with Crippen LogP contribution >= 0.6 is 11.3 Å². The summed E-state index contributed by atoms with van der Waals surface area (Å²) >= 11 is 1.39. The second kappa shape index (κ2) is 9.11. The summed E-state index contributed by atoms with van der Waals surface area (Å²) in [7, 11) is 0. The molecule has 0 aliphatic carbocycles. The molecular formula is C26H19F2N5OS. The predicted molar refractivity (Wildman–Crippen MR) is 136 cm³/mol. The number of benzene rings is 2. The Bertz CT molecular complexity index is 1570. The molecule has 6 nitrogen and oxygen atoms in total. The van der Waals surface area contributed by atoms with E-state index in [1.165, 1.54) is 23.6 Å². The predicted octanol–water partition coefficient (Wildman–Crippen LogP) is 6.84. The number of carbonyl (C=O) groups is 1. The van der Waals surface area contributed by atoms with Gasteiger partial charge in [-0.15, -0.1) is 11.3 Å². The van der Waals surface area contributed by atoms with Gasteiger partial charge in [-0.25, -0.2) is 9.78 Å². The molecule has 35 heavy (non-hydrogen) atoms. The van der Waals surface area contributed by atoms with Crippen molar-refractivity contribution in [2.24, 2.45) is 0 Å². The number of nitrogens with two attached hydrogens (primary N) is 1. The molecule has 0 fully saturated rings. The van der Waals surface area contributed by atoms with Gasteiger partial charge >= 0.3 is 6.03 Å². The molecule has 5 aromatic rings. The number of halogens is 2. The molecule has 0 bridgehead atoms. The number of carbonyl (C=O) groups excluding carboxylic acids is 1. The Morgan fingerprint density at radius 1 is 0.943 bits per heavy atom. The zero-order valence-electron chi connectivity index (χ0n) is 18.5. The number of nitrogens with zero attached hydrogens (tertiary/aromatic N) is 2. The topological polar surface area (TPSA) is 92.9 Å². The minimum absolute atomic E-state index is 0.150. The summed E-state index contributed by atoms with van der Waals surface area (Å²) in [6.45, 7) is 1.95. The maximum atomic E-state index is 14.4. The zero-order chi connectivity index (χ0) is 24.5. The van der Waals surface area contributed by atoms with Crippen molar-refractivity contribution in [3.8, 4) is 22.3 Å². The molecule has 0 atom stereocenters. The average molecular weight is 488 g/mol. The number of nitrogens with one attached hydrogen (secondary N) is 2. The molecule has 0 spiro atoms. The lowest BCUT2D eigenvalue weighted by atomic mass is 10.0. The third kappa shape index (κ3) is 4.53. The van der Waals surface area contributed by atoms with Gasteiger partial charge in [0.1, 0.15) is 5.82 Å². The number of rotatable bonds is 4. The SMILES string of the molecule is Cc1cccc(NC(=O)Nc2ccc(-c3csc4c(-c5ccc(F)nc5F)cnc(N)c34)cc2)c1. The number of amides is 2. The van der Waals surface area contributed by atoms with Crippen LogP contribution in [0.1, 0.15) is 5.56 Å². The van der Waals surface area contributed by atoms with Gasteiger partial charge in [-0.05, 0) is 59.8 Å². The number of hydrogen-bond acceptors (Lipinski definition) is 5. The highest BCUT2D eigenvalue weighted by molar-refractivity contribution is 7.18. The van der Waals surface area contributed by atoms with Crippen LogP contribution in [-0.4, -0.2) is 16.0 Å². The molecule has 2 amide bonds. The first-order valence-electron chi connectivity index (χ1n) is 10.6. The number of hydrogen-bond donors (Lipinski definition) is 3. The Morgan fingerprint density at radius 3 is 2.46 bits per heavy atom. The monoisotopic (exact) mass is 487 g/mol. The van der Waals surface area contributed by atoms with E-state index in [0.29, 0.717) is 28.1 Å². The third-order valence-corrected chi connectivity index (χ3v) is 6.47. The van der Waals surface area contributed by atoms with Gasteiger partial charge in [0.15, 0.2) is 0 Å². The number of aromatic nitrogens is 2. The number of aryl methyl sites for hydroxylation is 1. The quantitative estimate of drug-likeness (QED) is 0.242. The highest BCUT2D eigenvalue weighted by atomic mass is 32.1. The van der Waals surface area contributed by atoms with Gasteiger partial charge < -0.3 is 16.4 Å². The molecule has 3 aromatic heterocycles. The summed E-state index contributed by atoms with van der Waals surface area (Å²) in [6.07, 6.45) is 1.47. The number of thiophene rings is 1. The van der Waals surface area contributed by atoms with E-state index in [1.54, 1.807) is 12.1 Å². The Hall–Kier alpha value is -4.37. The number of anilines is 3. The molecule has 5 rings (SSSR count). The van der Waals surface area contributed by atoms with Crippen LogP contribution in [0.4, 0.5) is 30.8 Å². The van der Waals surface area contributed by atoms with Crippen LogP contribution in [0.5, 0.6) is 0 Å². The normalized spacial score (nSPS) is 10.9. The first kappa shape index (κ1) is 22.4. The van der Waals surface area contributed by atoms with Crippen molar-refractivity contribution in [2.45, 2.75) is 6.92 Å². The van der Waals surface area contributed by atoms with E-state index in [1.807, 2.05) is 48.7 Å². The van der Waals surface area contributed by atoms with Crippen LogP contribution in [0.3, 0.4) is 0 Å². The van der Waals surface area contributed by atoms with Crippen molar-refractivity contribution in [2.75, 3.05) is 16.4 Å². The van der Waals surface area contributed by atoms with Crippen LogP contribution in [-0.2, 0) is 0 Å². The van der Waals surface area contributed by atoms with Crippen molar-refractivity contribution in [3.05, 3.63) is 89.7 Å². The molecule has 2 aromatic carbocycles. The molecule has 9 heteroatoms. The number of pyridine rings is 2. The van der Waals surface area contributed by atoms with Gasteiger partial charge in [0.05, 0.1) is 0 Å². The summed E-state index contributed by atoms with van der Waals surface area (Å²) in [6, 6.07) is 16.9. The van der Waals surface area contributed by atoms with E-state index in [4.69, 9.17) is 5.73 Å². The van der Waals surface area contributed by atoms with Gasteiger partial charge in [0.2, 0.25) is 11.9 Å². The second-order valence-electron chi connectivity index (χ2n) is 7.91. The molecule has 0 unspecified atom stereocenters. The summed E-state index contributed by atoms with van der Waals surface area (Å²) < 4.78 is 28.4. The van der Waals surface area contributed by atoms with Crippen LogP contribution in [0.2, 0.25) is 0 Å². The minimum atomic E-state index is -0.910. The number of nitrogen functional groups attached to an aromatic ring is 1. The Balaban J connectivity index is 1.42. The standard InChI is InChI=1S/C26H19F2N5OS/c1-14-3-2-4-17(11-14)32-26(34)31-16-7-5-15(6-8-16)20-13-35-23-19(12-30-25(29)22(20)23)18-9-10-21(27)33-24(18)28/h2-13H,1H3,(H2,29,30)(H2,31,32,34). The van der Waals surface area contributed by atoms with Crippen LogP contribution in [0, 0.1) is 18.8 Å². The van der Waals surface area contributed by atoms with E-state index >= 15 is 0 Å². The lowest BCUT2D eigenvalue weighted by Gasteiger charge is -2.10. The lowest BCUT2D eigenvalue weighted by molar-refractivity contribution is 0.262. The van der Waals surface area contributed by atoms with E-state index in [0.717, 1.165) is 27.5 Å². The Morgan fingerprint density at radius 2 is 1.71 bits per heavy atom. The summed E-state index contributed by atoms with van der Waals surface area (Å²) in [5.41, 5.74) is 10.9. The van der Waals surface area contributed by atoms with Crippen molar-refractivity contribution >= 4 is 44.6 Å². The van der Waals surface area contributed by atoms with Gasteiger partial charge in [-0.2, -0.15) is 13.8 Å². The lowest BCUT2D eigenvalue weighted by Crippen LogP contribution is -2.19. The fraction of sp³-hybridized carbons (Fsp3) is 0.0385. The van der Waals surface area contributed by atoms with Crippen LogP contribution in [0.15, 0.2) is 72.2 Å². The largest absolute Gasteiger partial charge is 0.383 e. The van der Waals surface area contributed by atoms with E-state index in [-0.39, 0.29) is 11.6 Å². The molecule has 0 saturated heterocycles. The van der Waals surface area contributed by atoms with Crippen molar-refractivity contribution in [1.29, 1.82) is 0 Å². The van der Waals surface area contributed by atoms with E-state index < -0.39 is 11.9 Å². The number of fused-ring (bicyclic) bond motifs is 1. The van der Waals surface area contributed by atoms with Crippen molar-refractivity contribution in [3.63, 3.8) is 0 Å². The molecule has 4 N–H and O–H groups in total. The smallest absolute Gasteiger partial charge is 0.323 e. The first-order valence-corrected chi connectivity index (χ1v) is 11.5. The number of urea groups is 1. The molecule has 0 aliphatic rings. The maximum Gasteiger partial charge on any atom is 0.323 e. The summed E-state index contributed by atoms with van der Waals surface area (Å²) in [5.74, 6) is -1.50. The Kier molecular flexibility index (Phi) is 5.84. The second-order valence-corrected chi connectivity index (χ2v) is 8.79. The molecular weight excluding hydrogens is 468 g/mol. The van der Waals surface area contributed by atoms with Crippen LogP contribution < -0.4 is 16.4 Å². The highest BCUT2D eigenvalue weighted by Crippen LogP contribution is 2.42. The summed E-state index contributed by atoms with van der Waals surface area (Å²) in [5, 5.41) is 8.20. The van der Waals surface area contributed by atoms with Crippen molar-refractivity contribution < 1.29 is 13.6 Å². The zero-order valence-corrected chi connectivity index (χ0v) is 19.3. The third-order valence-electron chi connectivity index (χ3n) is 5.46. The first-order chi connectivity index (χ1) is 16.9. The minimum Gasteiger partial charge on any atom is -0.383 e. The fourth-order valence-corrected chi connectivity index (χ4v) is 4.95. The van der Waals surface area contributed by atoms with Gasteiger partial charge in [0, 0.05) is 44.3 Å². The fourth-order valence-electron chi connectivity index (χ4n) is 3.83. The molecule has 0 radical (unpaired) electrons. The molecule has 174 valence electrons. The average Bonchev–Trinajstić information content (AvgIpc) is 3.27. The van der Waals surface area contributed by atoms with Gasteiger partial charge in [0.25, 0.3) is 0 Å². The van der Waals surface area contributed by atoms with E-state index in [9.17, 15) is 13.6 Å². The molecule has 3 heterocycles. The molecule has 0 aliphatic heterocycles. The molecule has 0 saturated carbocycles. The van der Waals surface area contributed by atoms with Gasteiger partial charge in [-0.1, -0.05) is 24.3 Å². The maximum absolute atomic E-state index is 14.4. The van der Waals surface area contributed by atoms with Crippen molar-refractivity contribution in [1.82, 2.24) is 9.97 Å². The van der Waals surface area contributed by atoms with Crippen LogP contribution in [0.25, 0.3) is 32.3 Å². The van der Waals surface area contributed by atoms with Gasteiger partial charge in [-0.3, -0.25) is 0 Å². The highest BCUT2D eigenvalue weighted by Gasteiger charge is 2.18. The summed E-state index contributed by atoms with van der Waals surface area (Å²) in [4.78, 5) is 19.9. The van der Waals surface area contributed by atoms with E-state index in [2.05, 4.69) is 20.6 Å².